The van der Waals surface area contributed by atoms with Crippen molar-refractivity contribution in [2.45, 2.75) is 93.6 Å². The normalized spacial score (nSPS) is 10.6. The van der Waals surface area contributed by atoms with Gasteiger partial charge in [-0.2, -0.15) is 27.1 Å². The minimum atomic E-state index is -0.711. The quantitative estimate of drug-likeness (QED) is 0.00950. The monoisotopic (exact) mass is 1180 g/mol. The number of hydrogen-bond donors (Lipinski definition) is 6. The Kier molecular flexibility index (Phi) is 32.3. The minimum absolute atomic E-state index is 0.0174. The molecule has 0 fully saturated rings. The maximum absolute atomic E-state index is 13.6. The van der Waals surface area contributed by atoms with Crippen LogP contribution < -0.4 is 47.5 Å². The van der Waals surface area contributed by atoms with Crippen molar-refractivity contribution in [1.29, 1.82) is 0 Å². The van der Waals surface area contributed by atoms with Gasteiger partial charge < -0.3 is 56.2 Å². The van der Waals surface area contributed by atoms with E-state index >= 15 is 0 Å². The molecule has 0 radical (unpaired) electrons. The van der Waals surface area contributed by atoms with Crippen molar-refractivity contribution in [1.82, 2.24) is 44.2 Å². The summed E-state index contributed by atoms with van der Waals surface area (Å²) < 4.78 is 28.9. The van der Waals surface area contributed by atoms with Crippen LogP contribution >= 0.6 is 11.8 Å². The molecule has 0 aliphatic heterocycles. The van der Waals surface area contributed by atoms with Crippen molar-refractivity contribution < 1.29 is 47.7 Å². The number of nitrogens with one attached hydrogen (secondary N) is 3. The second-order valence-corrected chi connectivity index (χ2v) is 19.2. The number of amides is 3. The SMILES string of the molecule is C=Nc1cc(C=O)cc(OC/C=C/Cn2cc(NC(=O)OC(C)(C)C)cn2)c1N(C/C=C/Cn1c(NC)nc2cc(C=O)cc(OCCCSC)c21)CNC(=O)c1cc(C)nn1CC.CCOC(N)=O.CCn1nc(C)cc1C=O.CN.CN. The number of nitrogens with zero attached hydrogens (tertiary/aromatic N) is 10. The molecule has 27 heteroatoms. The number of aliphatic imine (C=N–C) groups is 1. The Morgan fingerprint density at radius 1 is 0.845 bits per heavy atom. The summed E-state index contributed by atoms with van der Waals surface area (Å²) in [6, 6.07) is 10.2. The molecule has 0 aliphatic rings. The van der Waals surface area contributed by atoms with E-state index in [0.717, 1.165) is 42.5 Å². The van der Waals surface area contributed by atoms with E-state index in [-0.39, 0.29) is 25.7 Å². The lowest BCUT2D eigenvalue weighted by atomic mass is 10.1. The van der Waals surface area contributed by atoms with Crippen LogP contribution in [-0.4, -0.2) is 154 Å². The number of allylic oxidation sites excluding steroid dienone is 2. The molecule has 26 nitrogen and oxygen atoms in total. The van der Waals surface area contributed by atoms with Gasteiger partial charge in [0.25, 0.3) is 5.91 Å². The van der Waals surface area contributed by atoms with E-state index in [1.807, 2.05) is 61.6 Å². The van der Waals surface area contributed by atoms with Crippen molar-refractivity contribution in [3.05, 3.63) is 107 Å². The molecule has 0 aliphatic carbocycles. The lowest BCUT2D eigenvalue weighted by molar-refractivity contribution is 0.0635. The third-order valence-corrected chi connectivity index (χ3v) is 11.7. The highest BCUT2D eigenvalue weighted by molar-refractivity contribution is 7.98. The fraction of sp³-hybridized carbons (Fsp3) is 0.421. The lowest BCUT2D eigenvalue weighted by Crippen LogP contribution is -2.39. The number of nitrogens with two attached hydrogens (primary N) is 3. The Bertz CT molecular complexity index is 3100. The summed E-state index contributed by atoms with van der Waals surface area (Å²) in [7, 11) is 4.78. The zero-order valence-electron chi connectivity index (χ0n) is 50.3. The third kappa shape index (κ3) is 23.2. The molecule has 0 atom stereocenters. The van der Waals surface area contributed by atoms with E-state index in [1.54, 1.807) is 109 Å². The van der Waals surface area contributed by atoms with Crippen molar-refractivity contribution in [3.8, 4) is 11.5 Å². The van der Waals surface area contributed by atoms with Gasteiger partial charge in [-0.25, -0.2) is 14.6 Å². The molecular formula is C57H84N16O10S. The number of aromatic nitrogens is 8. The Balaban J connectivity index is 0.00000103. The summed E-state index contributed by atoms with van der Waals surface area (Å²) in [5.41, 5.74) is 19.1. The van der Waals surface area contributed by atoms with Crippen LogP contribution in [-0.2, 0) is 35.7 Å². The number of primary amides is 1. The smallest absolute Gasteiger partial charge is 0.412 e. The van der Waals surface area contributed by atoms with Crippen molar-refractivity contribution in [2.24, 2.45) is 22.2 Å². The molecule has 0 spiro atoms. The molecule has 4 aromatic heterocycles. The Morgan fingerprint density at radius 2 is 1.50 bits per heavy atom. The molecule has 84 heavy (non-hydrogen) atoms. The molecule has 0 bridgehead atoms. The van der Waals surface area contributed by atoms with Crippen molar-refractivity contribution in [2.75, 3.05) is 81.7 Å². The van der Waals surface area contributed by atoms with Crippen LogP contribution in [0.1, 0.15) is 101 Å². The van der Waals surface area contributed by atoms with Gasteiger partial charge in [0, 0.05) is 50.6 Å². The Hall–Kier alpha value is -8.82. The maximum Gasteiger partial charge on any atom is 0.412 e. The summed E-state index contributed by atoms with van der Waals surface area (Å²) in [5.74, 6) is 2.09. The number of hydrogen-bond acceptors (Lipinski definition) is 20. The number of aldehydes is 3. The van der Waals surface area contributed by atoms with Gasteiger partial charge in [-0.3, -0.25) is 43.5 Å². The Labute approximate surface area is 495 Å². The van der Waals surface area contributed by atoms with Gasteiger partial charge >= 0.3 is 12.2 Å². The van der Waals surface area contributed by atoms with Crippen LogP contribution in [0.3, 0.4) is 0 Å². The molecular weight excluding hydrogens is 1100 g/mol. The van der Waals surface area contributed by atoms with E-state index in [0.29, 0.717) is 107 Å². The molecule has 6 rings (SSSR count). The van der Waals surface area contributed by atoms with Crippen LogP contribution in [0.5, 0.6) is 11.5 Å². The molecule has 0 saturated carbocycles. The van der Waals surface area contributed by atoms with Gasteiger partial charge in [0.15, 0.2) is 6.29 Å². The van der Waals surface area contributed by atoms with Gasteiger partial charge in [0.2, 0.25) is 5.95 Å². The molecule has 9 N–H and O–H groups in total. The number of benzene rings is 2. The highest BCUT2D eigenvalue weighted by atomic mass is 32.2. The predicted molar refractivity (Wildman–Crippen MR) is 332 cm³/mol. The number of imidazole rings is 1. The summed E-state index contributed by atoms with van der Waals surface area (Å²) >= 11 is 1.74. The zero-order chi connectivity index (χ0) is 62.8. The Morgan fingerprint density at radius 3 is 2.08 bits per heavy atom. The zero-order valence-corrected chi connectivity index (χ0v) is 51.2. The van der Waals surface area contributed by atoms with Crippen LogP contribution in [0.4, 0.5) is 32.6 Å². The van der Waals surface area contributed by atoms with E-state index in [2.05, 4.69) is 64.9 Å². The average Bonchev–Trinajstić information content (AvgIpc) is 2.69. The van der Waals surface area contributed by atoms with E-state index in [1.165, 1.54) is 20.3 Å². The second kappa shape index (κ2) is 38.0. The summed E-state index contributed by atoms with van der Waals surface area (Å²) in [4.78, 5) is 80.6. The molecule has 0 saturated heterocycles. The number of carbonyl (C=O) groups excluding carboxylic acids is 6. The second-order valence-electron chi connectivity index (χ2n) is 18.3. The number of rotatable bonds is 27. The van der Waals surface area contributed by atoms with Gasteiger partial charge in [0.1, 0.15) is 58.9 Å². The fourth-order valence-electron chi connectivity index (χ4n) is 7.65. The summed E-state index contributed by atoms with van der Waals surface area (Å²) in [5, 5.41) is 21.7. The van der Waals surface area contributed by atoms with E-state index in [4.69, 9.17) is 19.2 Å². The summed E-state index contributed by atoms with van der Waals surface area (Å²) in [6.07, 6.45) is 14.7. The van der Waals surface area contributed by atoms with Gasteiger partial charge in [-0.05, 0) is 137 Å². The average molecular weight is 1190 g/mol. The van der Waals surface area contributed by atoms with Crippen molar-refractivity contribution >= 4 is 89.5 Å². The number of anilines is 3. The number of carbonyl (C=O) groups is 6. The first-order valence-corrected chi connectivity index (χ1v) is 28.2. The van der Waals surface area contributed by atoms with Crippen LogP contribution in [0.25, 0.3) is 11.0 Å². The highest BCUT2D eigenvalue weighted by Crippen LogP contribution is 2.39. The largest absolute Gasteiger partial charge is 0.491 e. The van der Waals surface area contributed by atoms with Gasteiger partial charge in [-0.1, -0.05) is 18.2 Å². The number of thioether (sulfide) groups is 1. The summed E-state index contributed by atoms with van der Waals surface area (Å²) in [6.45, 7) is 21.7. The first kappa shape index (κ1) is 71.3. The molecule has 2 aromatic carbocycles. The maximum atomic E-state index is 13.6. The topological polar surface area (TPSA) is 340 Å². The van der Waals surface area contributed by atoms with Gasteiger partial charge in [-0.15, -0.1) is 0 Å². The van der Waals surface area contributed by atoms with Gasteiger partial charge in [0.05, 0.1) is 60.9 Å². The first-order valence-electron chi connectivity index (χ1n) is 26.8. The van der Waals surface area contributed by atoms with Crippen molar-refractivity contribution in [3.63, 3.8) is 0 Å². The van der Waals surface area contributed by atoms with E-state index in [9.17, 15) is 28.8 Å². The predicted octanol–water partition coefficient (Wildman–Crippen LogP) is 7.60. The minimum Gasteiger partial charge on any atom is -0.491 e. The third-order valence-electron chi connectivity index (χ3n) is 11.0. The highest BCUT2D eigenvalue weighted by Gasteiger charge is 2.22. The number of aryl methyl sites for hydroxylation is 4. The molecule has 6 aromatic rings. The molecule has 0 unspecified atom stereocenters. The van der Waals surface area contributed by atoms with Crippen LogP contribution in [0.15, 0.2) is 78.1 Å². The molecule has 4 heterocycles. The van der Waals surface area contributed by atoms with Crippen LogP contribution in [0, 0.1) is 13.8 Å². The number of ether oxygens (including phenoxy) is 4. The number of fused-ring (bicyclic) bond motifs is 1. The molecule has 3 amide bonds. The lowest BCUT2D eigenvalue weighted by Gasteiger charge is -2.27. The standard InChI is InChI=1S/C45H57N11O7S.C7H10N2O.C3H7NO2.2CH5N/c1-9-56-37(21-31(2)52-56)42(59)48-30-53(15-10-11-17-55-41-36(51-43(55)47-7)23-33(29-58)25-39(41)62-19-14-20-64-8)40-35(46-6)22-32(28-57)24-38(40)61-18-13-12-16-54-27-34(26-49-54)50-44(60)63-45(3,4)5;1-3-9-7(5-10)4-6(2)8-9;1-2-6-3(4)5;2*1-2/h10-13,21-29H,6,9,14-20,30H2,1-5,7-8H3,(H,47,51)(H,48,59)(H,50,60);4-5H,3H2,1-2H3;2H2,1H3,(H2,4,5);2*2H2,1H3/b11-10+,13-12+;;;;. The van der Waals surface area contributed by atoms with E-state index < -0.39 is 17.8 Å². The van der Waals surface area contributed by atoms with Crippen LogP contribution in [0.2, 0.25) is 0 Å². The first-order chi connectivity index (χ1) is 40.3. The molecule has 458 valence electrons. The fourth-order valence-corrected chi connectivity index (χ4v) is 8.06.